The van der Waals surface area contributed by atoms with Gasteiger partial charge in [-0.1, -0.05) is 6.92 Å². The Morgan fingerprint density at radius 1 is 1.46 bits per heavy atom. The molecule has 0 spiro atoms. The Morgan fingerprint density at radius 3 is 2.69 bits per heavy atom. The van der Waals surface area contributed by atoms with Gasteiger partial charge in [0.05, 0.1) is 0 Å². The van der Waals surface area contributed by atoms with Gasteiger partial charge in [-0.25, -0.2) is 0 Å². The van der Waals surface area contributed by atoms with Crippen molar-refractivity contribution < 1.29 is 0 Å². The van der Waals surface area contributed by atoms with Crippen molar-refractivity contribution in [3.63, 3.8) is 0 Å². The molecule has 1 aromatic heterocycles. The number of hydrogen-bond donors (Lipinski definition) is 1. The predicted octanol–water partition coefficient (Wildman–Crippen LogP) is 0.886. The molecule has 74 valence electrons. The summed E-state index contributed by atoms with van der Waals surface area (Å²) >= 11 is 0. The van der Waals surface area contributed by atoms with Crippen molar-refractivity contribution in [1.29, 1.82) is 0 Å². The highest BCUT2D eigenvalue weighted by molar-refractivity contribution is 4.95. The lowest BCUT2D eigenvalue weighted by Crippen LogP contribution is -2.21. The molecule has 0 bridgehead atoms. The highest BCUT2D eigenvalue weighted by atomic mass is 15.3. The number of aromatic nitrogens is 3. The van der Waals surface area contributed by atoms with E-state index in [-0.39, 0.29) is 6.04 Å². The summed E-state index contributed by atoms with van der Waals surface area (Å²) in [6.45, 7) is 7.10. The standard InChI is InChI=1S/C9H18N4/c1-4-5-13-8(3)11-12-9(13)6-7(2)10/h7H,4-6,10H2,1-3H3. The summed E-state index contributed by atoms with van der Waals surface area (Å²) in [4.78, 5) is 0. The molecular formula is C9H18N4. The van der Waals surface area contributed by atoms with E-state index in [4.69, 9.17) is 5.73 Å². The third-order valence-electron chi connectivity index (χ3n) is 1.96. The van der Waals surface area contributed by atoms with Crippen LogP contribution in [-0.2, 0) is 13.0 Å². The van der Waals surface area contributed by atoms with Gasteiger partial charge in [-0.15, -0.1) is 10.2 Å². The summed E-state index contributed by atoms with van der Waals surface area (Å²) in [6, 6.07) is 0.152. The maximum atomic E-state index is 5.72. The van der Waals surface area contributed by atoms with E-state index in [1.165, 1.54) is 0 Å². The zero-order valence-electron chi connectivity index (χ0n) is 8.62. The largest absolute Gasteiger partial charge is 0.328 e. The van der Waals surface area contributed by atoms with Crippen LogP contribution >= 0.6 is 0 Å². The molecule has 1 unspecified atom stereocenters. The van der Waals surface area contributed by atoms with Crippen LogP contribution in [0.15, 0.2) is 0 Å². The van der Waals surface area contributed by atoms with Crippen LogP contribution in [0.1, 0.15) is 31.9 Å². The van der Waals surface area contributed by atoms with Crippen LogP contribution in [0.5, 0.6) is 0 Å². The molecule has 0 aliphatic rings. The normalized spacial score (nSPS) is 13.2. The Balaban J connectivity index is 2.80. The molecule has 13 heavy (non-hydrogen) atoms. The van der Waals surface area contributed by atoms with Crippen LogP contribution in [0.2, 0.25) is 0 Å². The summed E-state index contributed by atoms with van der Waals surface area (Å²) < 4.78 is 2.14. The van der Waals surface area contributed by atoms with Gasteiger partial charge in [0.15, 0.2) is 0 Å². The van der Waals surface area contributed by atoms with Crippen LogP contribution in [0.25, 0.3) is 0 Å². The van der Waals surface area contributed by atoms with E-state index in [0.29, 0.717) is 0 Å². The van der Waals surface area contributed by atoms with Crippen molar-refractivity contribution in [2.24, 2.45) is 5.73 Å². The molecule has 1 atom stereocenters. The average Bonchev–Trinajstić information content (AvgIpc) is 2.35. The monoisotopic (exact) mass is 182 g/mol. The van der Waals surface area contributed by atoms with Crippen LogP contribution in [0.4, 0.5) is 0 Å². The lowest BCUT2D eigenvalue weighted by molar-refractivity contribution is 0.594. The average molecular weight is 182 g/mol. The zero-order chi connectivity index (χ0) is 9.84. The van der Waals surface area contributed by atoms with Gasteiger partial charge in [0.25, 0.3) is 0 Å². The first kappa shape index (κ1) is 10.2. The molecule has 2 N–H and O–H groups in total. The Labute approximate surface area is 79.2 Å². The van der Waals surface area contributed by atoms with Gasteiger partial charge in [0.2, 0.25) is 0 Å². The molecule has 0 aliphatic carbocycles. The van der Waals surface area contributed by atoms with Crippen LogP contribution in [-0.4, -0.2) is 20.8 Å². The molecule has 0 radical (unpaired) electrons. The zero-order valence-corrected chi connectivity index (χ0v) is 8.62. The first-order chi connectivity index (χ1) is 6.15. The first-order valence-corrected chi connectivity index (χ1v) is 4.79. The van der Waals surface area contributed by atoms with Gasteiger partial charge in [0.1, 0.15) is 11.6 Å². The molecule has 1 rings (SSSR count). The maximum absolute atomic E-state index is 5.72. The number of nitrogens with two attached hydrogens (primary N) is 1. The summed E-state index contributed by atoms with van der Waals surface area (Å²) in [5, 5.41) is 8.15. The van der Waals surface area contributed by atoms with E-state index >= 15 is 0 Å². The number of nitrogens with zero attached hydrogens (tertiary/aromatic N) is 3. The Morgan fingerprint density at radius 2 is 2.15 bits per heavy atom. The number of aryl methyl sites for hydroxylation is 1. The fourth-order valence-electron chi connectivity index (χ4n) is 1.38. The third kappa shape index (κ3) is 2.52. The van der Waals surface area contributed by atoms with Crippen molar-refractivity contribution in [3.05, 3.63) is 11.6 Å². The smallest absolute Gasteiger partial charge is 0.134 e. The van der Waals surface area contributed by atoms with E-state index in [9.17, 15) is 0 Å². The molecule has 0 fully saturated rings. The van der Waals surface area contributed by atoms with E-state index in [2.05, 4.69) is 21.7 Å². The van der Waals surface area contributed by atoms with Crippen LogP contribution in [0, 0.1) is 6.92 Å². The van der Waals surface area contributed by atoms with E-state index in [1.807, 2.05) is 13.8 Å². The molecule has 1 aromatic rings. The minimum absolute atomic E-state index is 0.152. The predicted molar refractivity (Wildman–Crippen MR) is 52.4 cm³/mol. The lowest BCUT2D eigenvalue weighted by Gasteiger charge is -2.08. The van der Waals surface area contributed by atoms with E-state index in [1.54, 1.807) is 0 Å². The summed E-state index contributed by atoms with van der Waals surface area (Å²) in [5.41, 5.74) is 5.72. The molecular weight excluding hydrogens is 164 g/mol. The maximum Gasteiger partial charge on any atom is 0.134 e. The van der Waals surface area contributed by atoms with Gasteiger partial charge < -0.3 is 10.3 Å². The second-order valence-electron chi connectivity index (χ2n) is 3.50. The molecule has 0 aromatic carbocycles. The molecule has 0 amide bonds. The molecule has 4 nitrogen and oxygen atoms in total. The van der Waals surface area contributed by atoms with Gasteiger partial charge in [-0.05, 0) is 20.3 Å². The minimum atomic E-state index is 0.152. The minimum Gasteiger partial charge on any atom is -0.328 e. The third-order valence-corrected chi connectivity index (χ3v) is 1.96. The quantitative estimate of drug-likeness (QED) is 0.752. The SMILES string of the molecule is CCCn1c(C)nnc1CC(C)N. The van der Waals surface area contributed by atoms with Crippen molar-refractivity contribution in [3.8, 4) is 0 Å². The van der Waals surface area contributed by atoms with Crippen molar-refractivity contribution in [2.45, 2.75) is 46.2 Å². The second-order valence-corrected chi connectivity index (χ2v) is 3.50. The van der Waals surface area contributed by atoms with Gasteiger partial charge in [-0.3, -0.25) is 0 Å². The Hall–Kier alpha value is -0.900. The highest BCUT2D eigenvalue weighted by Gasteiger charge is 2.08. The number of rotatable bonds is 4. The summed E-state index contributed by atoms with van der Waals surface area (Å²) in [5.74, 6) is 1.99. The van der Waals surface area contributed by atoms with Gasteiger partial charge >= 0.3 is 0 Å². The molecule has 1 heterocycles. The molecule has 4 heteroatoms. The van der Waals surface area contributed by atoms with Gasteiger partial charge in [0, 0.05) is 19.0 Å². The van der Waals surface area contributed by atoms with Crippen molar-refractivity contribution in [1.82, 2.24) is 14.8 Å². The lowest BCUT2D eigenvalue weighted by atomic mass is 10.2. The van der Waals surface area contributed by atoms with E-state index in [0.717, 1.165) is 31.0 Å². The topological polar surface area (TPSA) is 56.7 Å². The van der Waals surface area contributed by atoms with Gasteiger partial charge in [-0.2, -0.15) is 0 Å². The number of hydrogen-bond acceptors (Lipinski definition) is 3. The van der Waals surface area contributed by atoms with E-state index < -0.39 is 0 Å². The van der Waals surface area contributed by atoms with Crippen LogP contribution in [0.3, 0.4) is 0 Å². The fourth-order valence-corrected chi connectivity index (χ4v) is 1.38. The fraction of sp³-hybridized carbons (Fsp3) is 0.778. The summed E-state index contributed by atoms with van der Waals surface area (Å²) in [6.07, 6.45) is 1.91. The Kier molecular flexibility index (Phi) is 3.42. The molecule has 0 aliphatic heterocycles. The van der Waals surface area contributed by atoms with Crippen molar-refractivity contribution in [2.75, 3.05) is 0 Å². The highest BCUT2D eigenvalue weighted by Crippen LogP contribution is 2.04. The Bertz CT molecular complexity index is 265. The molecule has 0 saturated carbocycles. The van der Waals surface area contributed by atoms with Crippen molar-refractivity contribution >= 4 is 0 Å². The second kappa shape index (κ2) is 4.37. The first-order valence-electron chi connectivity index (χ1n) is 4.79. The summed E-state index contributed by atoms with van der Waals surface area (Å²) in [7, 11) is 0. The molecule has 0 saturated heterocycles. The van der Waals surface area contributed by atoms with Crippen LogP contribution < -0.4 is 5.73 Å².